The van der Waals surface area contributed by atoms with Crippen molar-refractivity contribution in [3.63, 3.8) is 0 Å². The molecular formula is C18H16N2O3S. The lowest BCUT2D eigenvalue weighted by atomic mass is 10.0. The smallest absolute Gasteiger partial charge is 0.251 e. The molecule has 0 fully saturated rings. The number of aliphatic hydroxyl groups is 1. The van der Waals surface area contributed by atoms with Gasteiger partial charge >= 0.3 is 0 Å². The summed E-state index contributed by atoms with van der Waals surface area (Å²) in [5.74, 6) is -0.388. The second-order valence-corrected chi connectivity index (χ2v) is 6.07. The van der Waals surface area contributed by atoms with Crippen LogP contribution in [0.25, 0.3) is 0 Å². The predicted octanol–water partition coefficient (Wildman–Crippen LogP) is 2.77. The summed E-state index contributed by atoms with van der Waals surface area (Å²) < 4.78 is 0. The van der Waals surface area contributed by atoms with Crippen molar-refractivity contribution < 1.29 is 14.7 Å². The molecule has 0 spiro atoms. The Labute approximate surface area is 143 Å². The third-order valence-corrected chi connectivity index (χ3v) is 4.35. The van der Waals surface area contributed by atoms with E-state index in [-0.39, 0.29) is 18.2 Å². The largest absolute Gasteiger partial charge is 0.387 e. The number of benzene rings is 1. The Morgan fingerprint density at radius 3 is 2.46 bits per heavy atom. The minimum Gasteiger partial charge on any atom is -0.387 e. The summed E-state index contributed by atoms with van der Waals surface area (Å²) >= 11 is 1.49. The van der Waals surface area contributed by atoms with Gasteiger partial charge in [-0.25, -0.2) is 0 Å². The molecule has 0 aliphatic carbocycles. The summed E-state index contributed by atoms with van der Waals surface area (Å²) in [5.41, 5.74) is 2.32. The first-order valence-corrected chi connectivity index (χ1v) is 8.35. The summed E-state index contributed by atoms with van der Waals surface area (Å²) in [7, 11) is 0. The van der Waals surface area contributed by atoms with E-state index in [9.17, 15) is 14.7 Å². The molecule has 3 N–H and O–H groups in total. The minimum atomic E-state index is -0.727. The van der Waals surface area contributed by atoms with Gasteiger partial charge < -0.3 is 15.4 Å². The Kier molecular flexibility index (Phi) is 4.88. The van der Waals surface area contributed by atoms with Gasteiger partial charge in [-0.05, 0) is 40.6 Å². The lowest BCUT2D eigenvalue weighted by molar-refractivity contribution is 0.0915. The third-order valence-electron chi connectivity index (χ3n) is 3.65. The van der Waals surface area contributed by atoms with Gasteiger partial charge in [0.1, 0.15) is 0 Å². The number of H-pyrrole nitrogens is 1. The van der Waals surface area contributed by atoms with Crippen LogP contribution >= 0.6 is 11.3 Å². The Morgan fingerprint density at radius 2 is 1.83 bits per heavy atom. The molecular weight excluding hydrogens is 324 g/mol. The summed E-state index contributed by atoms with van der Waals surface area (Å²) in [6.07, 6.45) is 2.59. The van der Waals surface area contributed by atoms with E-state index in [2.05, 4.69) is 10.3 Å². The molecule has 1 amide bonds. The zero-order chi connectivity index (χ0) is 16.9. The van der Waals surface area contributed by atoms with Gasteiger partial charge in [0.15, 0.2) is 5.78 Å². The van der Waals surface area contributed by atoms with Crippen molar-refractivity contribution in [2.24, 2.45) is 0 Å². The van der Waals surface area contributed by atoms with Gasteiger partial charge in [0, 0.05) is 35.6 Å². The molecule has 1 aromatic carbocycles. The second-order valence-electron chi connectivity index (χ2n) is 5.29. The van der Waals surface area contributed by atoms with Crippen molar-refractivity contribution in [2.75, 3.05) is 6.54 Å². The highest BCUT2D eigenvalue weighted by atomic mass is 32.1. The quantitative estimate of drug-likeness (QED) is 0.604. The Balaban J connectivity index is 1.61. The van der Waals surface area contributed by atoms with Gasteiger partial charge in [-0.1, -0.05) is 12.1 Å². The van der Waals surface area contributed by atoms with E-state index in [1.807, 2.05) is 16.8 Å². The van der Waals surface area contributed by atoms with Crippen LogP contribution in [0.4, 0.5) is 0 Å². The Bertz CT molecular complexity index is 809. The first-order chi connectivity index (χ1) is 11.6. The van der Waals surface area contributed by atoms with Gasteiger partial charge in [0.2, 0.25) is 0 Å². The van der Waals surface area contributed by atoms with E-state index in [0.29, 0.717) is 16.7 Å². The van der Waals surface area contributed by atoms with Gasteiger partial charge in [-0.3, -0.25) is 9.59 Å². The summed E-state index contributed by atoms with van der Waals surface area (Å²) in [5, 5.41) is 16.4. The molecule has 3 aromatic rings. The molecule has 0 saturated carbocycles. The van der Waals surface area contributed by atoms with Crippen molar-refractivity contribution in [3.8, 4) is 0 Å². The molecule has 5 nitrogen and oxygen atoms in total. The van der Waals surface area contributed by atoms with E-state index in [4.69, 9.17) is 0 Å². The molecule has 2 aromatic heterocycles. The van der Waals surface area contributed by atoms with Crippen LogP contribution in [0.3, 0.4) is 0 Å². The molecule has 0 saturated heterocycles. The number of aromatic amines is 1. The van der Waals surface area contributed by atoms with Crippen molar-refractivity contribution in [1.82, 2.24) is 10.3 Å². The molecule has 24 heavy (non-hydrogen) atoms. The van der Waals surface area contributed by atoms with E-state index in [1.54, 1.807) is 42.7 Å². The molecule has 122 valence electrons. The number of aliphatic hydroxyl groups excluding tert-OH is 1. The van der Waals surface area contributed by atoms with Crippen LogP contribution in [0.5, 0.6) is 0 Å². The lowest BCUT2D eigenvalue weighted by Crippen LogP contribution is -2.28. The molecule has 6 heteroatoms. The van der Waals surface area contributed by atoms with E-state index >= 15 is 0 Å². The topological polar surface area (TPSA) is 82.2 Å². The van der Waals surface area contributed by atoms with Gasteiger partial charge in [0.05, 0.1) is 6.10 Å². The van der Waals surface area contributed by atoms with Crippen LogP contribution in [-0.2, 0) is 0 Å². The van der Waals surface area contributed by atoms with Crippen LogP contribution in [-0.4, -0.2) is 28.3 Å². The second kappa shape index (κ2) is 7.25. The Hall–Kier alpha value is -2.70. The van der Waals surface area contributed by atoms with Gasteiger partial charge in [-0.2, -0.15) is 11.3 Å². The zero-order valence-corrected chi connectivity index (χ0v) is 13.5. The highest BCUT2D eigenvalue weighted by Gasteiger charge is 2.13. The highest BCUT2D eigenvalue weighted by Crippen LogP contribution is 2.15. The fourth-order valence-electron chi connectivity index (χ4n) is 2.28. The Morgan fingerprint density at radius 1 is 1.08 bits per heavy atom. The van der Waals surface area contributed by atoms with Crippen molar-refractivity contribution in [1.29, 1.82) is 0 Å². The standard InChI is InChI=1S/C18H16N2O3S/c21-16(15-6-8-24-11-15)10-20-18(23)13-3-1-12(2-4-13)17(22)14-5-7-19-9-14/h1-9,11,16,19,21H,10H2,(H,20,23). The molecule has 3 rings (SSSR count). The number of rotatable bonds is 6. The van der Waals surface area contributed by atoms with Crippen LogP contribution < -0.4 is 5.32 Å². The van der Waals surface area contributed by atoms with Crippen molar-refractivity contribution in [2.45, 2.75) is 6.10 Å². The number of aromatic nitrogens is 1. The summed E-state index contributed by atoms with van der Waals surface area (Å²) in [4.78, 5) is 27.1. The number of hydrogen-bond acceptors (Lipinski definition) is 4. The zero-order valence-electron chi connectivity index (χ0n) is 12.7. The molecule has 0 aliphatic heterocycles. The van der Waals surface area contributed by atoms with E-state index < -0.39 is 6.10 Å². The van der Waals surface area contributed by atoms with Crippen molar-refractivity contribution in [3.05, 3.63) is 81.8 Å². The van der Waals surface area contributed by atoms with Gasteiger partial charge in [-0.15, -0.1) is 0 Å². The SMILES string of the molecule is O=C(NCC(O)c1ccsc1)c1ccc(C(=O)c2cc[nH]c2)cc1. The van der Waals surface area contributed by atoms with Crippen LogP contribution in [0.15, 0.2) is 59.6 Å². The fourth-order valence-corrected chi connectivity index (χ4v) is 2.99. The lowest BCUT2D eigenvalue weighted by Gasteiger charge is -2.10. The van der Waals surface area contributed by atoms with E-state index in [0.717, 1.165) is 5.56 Å². The van der Waals surface area contributed by atoms with Crippen LogP contribution in [0, 0.1) is 0 Å². The fraction of sp³-hybridized carbons (Fsp3) is 0.111. The van der Waals surface area contributed by atoms with Crippen molar-refractivity contribution >= 4 is 23.0 Å². The number of hydrogen-bond donors (Lipinski definition) is 3. The molecule has 0 aliphatic rings. The number of ketones is 1. The number of carbonyl (C=O) groups is 2. The maximum absolute atomic E-state index is 12.2. The summed E-state index contributed by atoms with van der Waals surface area (Å²) in [6, 6.07) is 9.98. The van der Waals surface area contributed by atoms with Crippen LogP contribution in [0.2, 0.25) is 0 Å². The molecule has 0 bridgehead atoms. The number of amides is 1. The molecule has 0 radical (unpaired) electrons. The maximum Gasteiger partial charge on any atom is 0.251 e. The predicted molar refractivity (Wildman–Crippen MR) is 92.3 cm³/mol. The molecule has 1 atom stereocenters. The van der Waals surface area contributed by atoms with Gasteiger partial charge in [0.25, 0.3) is 5.91 Å². The first kappa shape index (κ1) is 16.2. The third kappa shape index (κ3) is 3.61. The monoisotopic (exact) mass is 340 g/mol. The summed E-state index contributed by atoms with van der Waals surface area (Å²) in [6.45, 7) is 0.138. The number of nitrogens with one attached hydrogen (secondary N) is 2. The number of thiophene rings is 1. The molecule has 1 unspecified atom stereocenters. The molecule has 2 heterocycles. The number of carbonyl (C=O) groups excluding carboxylic acids is 2. The highest BCUT2D eigenvalue weighted by molar-refractivity contribution is 7.07. The minimum absolute atomic E-state index is 0.101. The average Bonchev–Trinajstić information content (AvgIpc) is 3.32. The first-order valence-electron chi connectivity index (χ1n) is 7.41. The van der Waals surface area contributed by atoms with Crippen LogP contribution in [0.1, 0.15) is 37.9 Å². The van der Waals surface area contributed by atoms with E-state index in [1.165, 1.54) is 11.3 Å². The maximum atomic E-state index is 12.2. The normalized spacial score (nSPS) is 11.9. The average molecular weight is 340 g/mol.